The van der Waals surface area contributed by atoms with Gasteiger partial charge in [0.25, 0.3) is 0 Å². The number of nitrogens with one attached hydrogen (secondary N) is 3. The van der Waals surface area contributed by atoms with Crippen LogP contribution in [-0.4, -0.2) is 48.6 Å². The van der Waals surface area contributed by atoms with Gasteiger partial charge in [0, 0.05) is 25.2 Å². The van der Waals surface area contributed by atoms with E-state index < -0.39 is 23.4 Å². The van der Waals surface area contributed by atoms with Gasteiger partial charge in [0.05, 0.1) is 0 Å². The fraction of sp³-hybridized carbons (Fsp3) is 0.889. The van der Waals surface area contributed by atoms with E-state index in [1.54, 1.807) is 0 Å². The molecule has 0 aliphatic carbocycles. The Morgan fingerprint density at radius 2 is 1.20 bits per heavy atom. The normalized spacial score (nSPS) is 28.6. The first-order valence-corrected chi connectivity index (χ1v) is 9.14. The number of carbonyl (C=O) groups excluding carboxylic acids is 2. The van der Waals surface area contributed by atoms with Crippen molar-refractivity contribution in [3.63, 3.8) is 0 Å². The highest BCUT2D eigenvalue weighted by atomic mass is 16.6. The van der Waals surface area contributed by atoms with Crippen molar-refractivity contribution in [1.29, 1.82) is 0 Å². The Hall–Kier alpha value is -1.50. The fourth-order valence-electron chi connectivity index (χ4n) is 3.69. The van der Waals surface area contributed by atoms with E-state index in [-0.39, 0.29) is 11.8 Å². The first-order chi connectivity index (χ1) is 11.4. The van der Waals surface area contributed by atoms with E-state index in [0.29, 0.717) is 25.2 Å². The second kappa shape index (κ2) is 7.40. The maximum atomic E-state index is 11.9. The zero-order valence-corrected chi connectivity index (χ0v) is 16.3. The highest BCUT2D eigenvalue weighted by molar-refractivity contribution is 5.68. The van der Waals surface area contributed by atoms with Crippen molar-refractivity contribution in [3.8, 4) is 0 Å². The van der Waals surface area contributed by atoms with Crippen molar-refractivity contribution >= 4 is 12.2 Å². The number of hydrogen-bond donors (Lipinski definition) is 3. The van der Waals surface area contributed by atoms with E-state index in [1.807, 2.05) is 41.5 Å². The minimum atomic E-state index is -0.505. The van der Waals surface area contributed by atoms with Crippen LogP contribution in [0.3, 0.4) is 0 Å². The quantitative estimate of drug-likeness (QED) is 0.721. The molecule has 2 aliphatic heterocycles. The molecule has 2 amide bonds. The number of ether oxygens (including phenoxy) is 2. The summed E-state index contributed by atoms with van der Waals surface area (Å²) >= 11 is 0. The standard InChI is InChI=1S/C18H33N3O4/c1-17(2,3)24-15(22)19-9-11-12(14-8-7-13(11)21-14)10-20-16(23)25-18(4,5)6/h11-14,21H,7-10H2,1-6H3,(H,19,22)(H,20,23). The summed E-state index contributed by atoms with van der Waals surface area (Å²) in [5.74, 6) is 0.558. The van der Waals surface area contributed by atoms with E-state index in [2.05, 4.69) is 16.0 Å². The lowest BCUT2D eigenvalue weighted by Gasteiger charge is -2.30. The molecule has 0 aromatic rings. The summed E-state index contributed by atoms with van der Waals surface area (Å²) in [7, 11) is 0. The minimum absolute atomic E-state index is 0.279. The summed E-state index contributed by atoms with van der Waals surface area (Å²) in [5.41, 5.74) is -1.01. The second-order valence-electron chi connectivity index (χ2n) is 9.05. The lowest BCUT2D eigenvalue weighted by atomic mass is 9.79. The number of amides is 2. The predicted octanol–water partition coefficient (Wildman–Crippen LogP) is 2.40. The number of carbonyl (C=O) groups is 2. The van der Waals surface area contributed by atoms with Gasteiger partial charge in [0.2, 0.25) is 0 Å². The van der Waals surface area contributed by atoms with E-state index >= 15 is 0 Å². The Morgan fingerprint density at radius 1 is 0.840 bits per heavy atom. The zero-order valence-electron chi connectivity index (χ0n) is 16.3. The number of rotatable bonds is 4. The molecule has 2 bridgehead atoms. The molecule has 0 radical (unpaired) electrons. The minimum Gasteiger partial charge on any atom is -0.444 e. The Labute approximate surface area is 150 Å². The molecular formula is C18H33N3O4. The number of hydrogen-bond acceptors (Lipinski definition) is 5. The summed E-state index contributed by atoms with van der Waals surface area (Å²) in [6.07, 6.45) is 1.42. The lowest BCUT2D eigenvalue weighted by Crippen LogP contribution is -2.44. The molecule has 2 heterocycles. The van der Waals surface area contributed by atoms with E-state index in [0.717, 1.165) is 12.8 Å². The van der Waals surface area contributed by atoms with Crippen LogP contribution in [0.2, 0.25) is 0 Å². The maximum Gasteiger partial charge on any atom is 0.407 e. The zero-order chi connectivity index (χ0) is 18.8. The molecule has 2 saturated heterocycles. The third-order valence-corrected chi connectivity index (χ3v) is 4.56. The van der Waals surface area contributed by atoms with Crippen molar-refractivity contribution in [1.82, 2.24) is 16.0 Å². The third-order valence-electron chi connectivity index (χ3n) is 4.56. The molecule has 7 heteroatoms. The molecular weight excluding hydrogens is 322 g/mol. The van der Waals surface area contributed by atoms with Crippen molar-refractivity contribution in [2.75, 3.05) is 13.1 Å². The van der Waals surface area contributed by atoms with Crippen LogP contribution >= 0.6 is 0 Å². The molecule has 0 aromatic carbocycles. The van der Waals surface area contributed by atoms with Crippen LogP contribution < -0.4 is 16.0 Å². The van der Waals surface area contributed by atoms with Gasteiger partial charge in [0.1, 0.15) is 11.2 Å². The molecule has 2 aliphatic rings. The molecule has 0 saturated carbocycles. The third kappa shape index (κ3) is 6.06. The molecule has 0 aromatic heterocycles. The van der Waals surface area contributed by atoms with Gasteiger partial charge < -0.3 is 25.4 Å². The molecule has 0 spiro atoms. The van der Waals surface area contributed by atoms with Gasteiger partial charge in [-0.25, -0.2) is 9.59 Å². The summed E-state index contributed by atoms with van der Waals surface area (Å²) < 4.78 is 10.6. The summed E-state index contributed by atoms with van der Waals surface area (Å²) in [4.78, 5) is 23.8. The first kappa shape index (κ1) is 19.8. The van der Waals surface area contributed by atoms with Crippen molar-refractivity contribution < 1.29 is 19.1 Å². The molecule has 2 rings (SSSR count). The summed E-state index contributed by atoms with van der Waals surface area (Å²) in [6, 6.07) is 0.760. The largest absolute Gasteiger partial charge is 0.444 e. The van der Waals surface area contributed by atoms with Gasteiger partial charge in [0.15, 0.2) is 0 Å². The van der Waals surface area contributed by atoms with Gasteiger partial charge in [-0.2, -0.15) is 0 Å². The fourth-order valence-corrected chi connectivity index (χ4v) is 3.69. The van der Waals surface area contributed by atoms with Crippen molar-refractivity contribution in [2.24, 2.45) is 11.8 Å². The molecule has 144 valence electrons. The monoisotopic (exact) mass is 355 g/mol. The van der Waals surface area contributed by atoms with Crippen LogP contribution in [-0.2, 0) is 9.47 Å². The highest BCUT2D eigenvalue weighted by Gasteiger charge is 2.47. The summed E-state index contributed by atoms with van der Waals surface area (Å²) in [5, 5.41) is 9.34. The van der Waals surface area contributed by atoms with Crippen LogP contribution in [0.4, 0.5) is 9.59 Å². The Kier molecular flexibility index (Phi) is 5.86. The van der Waals surface area contributed by atoms with E-state index in [4.69, 9.17) is 9.47 Å². The molecule has 3 N–H and O–H groups in total. The van der Waals surface area contributed by atoms with Crippen LogP contribution in [0.25, 0.3) is 0 Å². The van der Waals surface area contributed by atoms with E-state index in [1.165, 1.54) is 0 Å². The van der Waals surface area contributed by atoms with Gasteiger partial charge in [-0.1, -0.05) is 0 Å². The number of alkyl carbamates (subject to hydrolysis) is 2. The first-order valence-electron chi connectivity index (χ1n) is 9.14. The van der Waals surface area contributed by atoms with Crippen molar-refractivity contribution in [2.45, 2.75) is 77.7 Å². The molecule has 4 atom stereocenters. The van der Waals surface area contributed by atoms with Gasteiger partial charge in [-0.05, 0) is 66.2 Å². The topological polar surface area (TPSA) is 88.7 Å². The summed E-state index contributed by atoms with van der Waals surface area (Å²) in [6.45, 7) is 12.2. The Bertz CT molecular complexity index is 452. The second-order valence-corrected chi connectivity index (χ2v) is 9.05. The predicted molar refractivity (Wildman–Crippen MR) is 95.4 cm³/mol. The Balaban J connectivity index is 1.84. The lowest BCUT2D eigenvalue weighted by molar-refractivity contribution is 0.0479. The van der Waals surface area contributed by atoms with Crippen molar-refractivity contribution in [3.05, 3.63) is 0 Å². The maximum absolute atomic E-state index is 11.9. The van der Waals surface area contributed by atoms with Gasteiger partial charge in [-0.15, -0.1) is 0 Å². The average Bonchev–Trinajstić information content (AvgIpc) is 2.99. The number of fused-ring (bicyclic) bond motifs is 2. The molecule has 4 unspecified atom stereocenters. The van der Waals surface area contributed by atoms with E-state index in [9.17, 15) is 9.59 Å². The Morgan fingerprint density at radius 3 is 1.52 bits per heavy atom. The van der Waals surface area contributed by atoms with Crippen LogP contribution in [0, 0.1) is 11.8 Å². The smallest absolute Gasteiger partial charge is 0.407 e. The van der Waals surface area contributed by atoms with Crippen LogP contribution in [0.5, 0.6) is 0 Å². The van der Waals surface area contributed by atoms with Gasteiger partial charge in [-0.3, -0.25) is 0 Å². The molecule has 25 heavy (non-hydrogen) atoms. The van der Waals surface area contributed by atoms with Crippen LogP contribution in [0.15, 0.2) is 0 Å². The SMILES string of the molecule is CC(C)(C)OC(=O)NCC1C2CCC(N2)C1CNC(=O)OC(C)(C)C. The van der Waals surface area contributed by atoms with Gasteiger partial charge >= 0.3 is 12.2 Å². The molecule has 2 fully saturated rings. The van der Waals surface area contributed by atoms with Crippen LogP contribution in [0.1, 0.15) is 54.4 Å². The molecule has 7 nitrogen and oxygen atoms in total. The average molecular weight is 355 g/mol. The highest BCUT2D eigenvalue weighted by Crippen LogP contribution is 2.37.